The molecule has 2 aromatic rings. The highest BCUT2D eigenvalue weighted by molar-refractivity contribution is 5.66. The highest BCUT2D eigenvalue weighted by atomic mass is 16.5. The van der Waals surface area contributed by atoms with Gasteiger partial charge in [0.25, 0.3) is 0 Å². The van der Waals surface area contributed by atoms with Gasteiger partial charge < -0.3 is 9.84 Å². The van der Waals surface area contributed by atoms with Gasteiger partial charge in [-0.2, -0.15) is 5.26 Å². The van der Waals surface area contributed by atoms with E-state index in [4.69, 9.17) is 15.1 Å². The first-order valence-corrected chi connectivity index (χ1v) is 10.6. The van der Waals surface area contributed by atoms with E-state index >= 15 is 0 Å². The Morgan fingerprint density at radius 2 is 1.24 bits per heavy atom. The first-order valence-electron chi connectivity index (χ1n) is 10.6. The van der Waals surface area contributed by atoms with Crippen LogP contribution in [0.5, 0.6) is 5.75 Å². The zero-order valence-corrected chi connectivity index (χ0v) is 17.1. The van der Waals surface area contributed by atoms with E-state index in [0.717, 1.165) is 49.2 Å². The van der Waals surface area contributed by atoms with Crippen molar-refractivity contribution in [3.63, 3.8) is 0 Å². The Balaban J connectivity index is 1.51. The second-order valence-electron chi connectivity index (χ2n) is 7.39. The number of aliphatic carboxylic acids is 1. The number of nitrogens with zero attached hydrogens (tertiary/aromatic N) is 1. The molecule has 0 fully saturated rings. The van der Waals surface area contributed by atoms with Crippen molar-refractivity contribution in [2.24, 2.45) is 0 Å². The summed E-state index contributed by atoms with van der Waals surface area (Å²) >= 11 is 0. The van der Waals surface area contributed by atoms with Crippen LogP contribution in [-0.2, 0) is 4.79 Å². The van der Waals surface area contributed by atoms with Gasteiger partial charge in [0.2, 0.25) is 0 Å². The zero-order chi connectivity index (χ0) is 20.7. The van der Waals surface area contributed by atoms with Crippen LogP contribution in [0.1, 0.15) is 69.8 Å². The number of hydrogen-bond acceptors (Lipinski definition) is 3. The minimum absolute atomic E-state index is 0.304. The molecule has 0 aliphatic heterocycles. The lowest BCUT2D eigenvalue weighted by atomic mass is 10.0. The number of unbranched alkanes of at least 4 members (excludes halogenated alkanes) is 8. The van der Waals surface area contributed by atoms with Crippen LogP contribution in [-0.4, -0.2) is 17.7 Å². The van der Waals surface area contributed by atoms with Gasteiger partial charge in [-0.3, -0.25) is 4.79 Å². The fourth-order valence-electron chi connectivity index (χ4n) is 3.29. The number of nitriles is 1. The molecule has 1 N–H and O–H groups in total. The molecule has 0 radical (unpaired) electrons. The first kappa shape index (κ1) is 22.5. The van der Waals surface area contributed by atoms with Gasteiger partial charge in [-0.15, -0.1) is 0 Å². The summed E-state index contributed by atoms with van der Waals surface area (Å²) in [5.41, 5.74) is 2.88. The molecule has 2 rings (SSSR count). The molecule has 154 valence electrons. The monoisotopic (exact) mass is 393 g/mol. The topological polar surface area (TPSA) is 70.3 Å². The minimum Gasteiger partial charge on any atom is -0.494 e. The van der Waals surface area contributed by atoms with Crippen molar-refractivity contribution in [3.8, 4) is 22.9 Å². The summed E-state index contributed by atoms with van der Waals surface area (Å²) in [6, 6.07) is 17.8. The molecule has 0 heterocycles. The molecule has 0 amide bonds. The zero-order valence-electron chi connectivity index (χ0n) is 17.1. The van der Waals surface area contributed by atoms with Crippen LogP contribution in [0.2, 0.25) is 0 Å². The van der Waals surface area contributed by atoms with Gasteiger partial charge in [0.15, 0.2) is 0 Å². The Morgan fingerprint density at radius 3 is 1.76 bits per heavy atom. The summed E-state index contributed by atoms with van der Waals surface area (Å²) < 4.78 is 5.83. The molecule has 0 atom stereocenters. The van der Waals surface area contributed by atoms with Crippen LogP contribution in [0.4, 0.5) is 0 Å². The van der Waals surface area contributed by atoms with E-state index in [1.54, 1.807) is 0 Å². The van der Waals surface area contributed by atoms with E-state index < -0.39 is 5.97 Å². The van der Waals surface area contributed by atoms with Gasteiger partial charge in [-0.05, 0) is 48.2 Å². The quantitative estimate of drug-likeness (QED) is 0.368. The standard InChI is InChI=1S/C25H31NO3/c26-20-21-11-13-22(14-12-21)23-15-17-24(18-16-23)29-19-9-7-5-3-1-2-4-6-8-10-25(27)28/h11-18H,1-10,19H2,(H,27,28). The fourth-order valence-corrected chi connectivity index (χ4v) is 3.29. The predicted molar refractivity (Wildman–Crippen MR) is 116 cm³/mol. The molecule has 0 aliphatic carbocycles. The third-order valence-electron chi connectivity index (χ3n) is 5.01. The van der Waals surface area contributed by atoms with E-state index in [1.807, 2.05) is 48.5 Å². The first-order chi connectivity index (χ1) is 14.2. The molecular weight excluding hydrogens is 362 g/mol. The van der Waals surface area contributed by atoms with E-state index in [-0.39, 0.29) is 0 Å². The number of benzene rings is 2. The molecular formula is C25H31NO3. The average Bonchev–Trinajstić information content (AvgIpc) is 2.75. The van der Waals surface area contributed by atoms with Crippen LogP contribution in [0.3, 0.4) is 0 Å². The van der Waals surface area contributed by atoms with Crippen molar-refractivity contribution >= 4 is 5.97 Å². The molecule has 0 saturated heterocycles. The number of rotatable bonds is 14. The molecule has 0 aliphatic rings. The largest absolute Gasteiger partial charge is 0.494 e. The Kier molecular flexibility index (Phi) is 10.4. The Morgan fingerprint density at radius 1 is 0.759 bits per heavy atom. The number of carboxylic acids is 1. The van der Waals surface area contributed by atoms with Crippen LogP contribution in [0.15, 0.2) is 48.5 Å². The summed E-state index contributed by atoms with van der Waals surface area (Å²) in [5.74, 6) is 0.207. The maximum Gasteiger partial charge on any atom is 0.303 e. The van der Waals surface area contributed by atoms with Gasteiger partial charge in [0.1, 0.15) is 5.75 Å². The highest BCUT2D eigenvalue weighted by Crippen LogP contribution is 2.23. The summed E-state index contributed by atoms with van der Waals surface area (Å²) in [6.45, 7) is 0.741. The van der Waals surface area contributed by atoms with Crippen molar-refractivity contribution in [2.45, 2.75) is 64.2 Å². The number of carbonyl (C=O) groups is 1. The highest BCUT2D eigenvalue weighted by Gasteiger charge is 2.00. The molecule has 0 saturated carbocycles. The molecule has 4 heteroatoms. The predicted octanol–water partition coefficient (Wildman–Crippen LogP) is 6.59. The number of hydrogen-bond donors (Lipinski definition) is 1. The summed E-state index contributed by atoms with van der Waals surface area (Å²) in [7, 11) is 0. The lowest BCUT2D eigenvalue weighted by Gasteiger charge is -2.08. The van der Waals surface area contributed by atoms with Gasteiger partial charge in [-0.25, -0.2) is 0 Å². The molecule has 4 nitrogen and oxygen atoms in total. The van der Waals surface area contributed by atoms with E-state index in [9.17, 15) is 4.79 Å². The number of ether oxygens (including phenoxy) is 1. The van der Waals surface area contributed by atoms with Gasteiger partial charge >= 0.3 is 5.97 Å². The Bertz CT molecular complexity index is 760. The Labute approximate surface area is 174 Å². The van der Waals surface area contributed by atoms with Gasteiger partial charge in [-0.1, -0.05) is 69.2 Å². The SMILES string of the molecule is N#Cc1ccc(-c2ccc(OCCCCCCCCCCCC(=O)O)cc2)cc1. The lowest BCUT2D eigenvalue weighted by molar-refractivity contribution is -0.137. The van der Waals surface area contributed by atoms with Crippen molar-refractivity contribution in [3.05, 3.63) is 54.1 Å². The van der Waals surface area contributed by atoms with Crippen molar-refractivity contribution in [1.82, 2.24) is 0 Å². The fraction of sp³-hybridized carbons (Fsp3) is 0.440. The summed E-state index contributed by atoms with van der Waals surface area (Å²) in [4.78, 5) is 10.4. The molecule has 2 aromatic carbocycles. The van der Waals surface area contributed by atoms with Gasteiger partial charge in [0.05, 0.1) is 18.2 Å². The van der Waals surface area contributed by atoms with Crippen LogP contribution in [0.25, 0.3) is 11.1 Å². The average molecular weight is 394 g/mol. The van der Waals surface area contributed by atoms with E-state index in [2.05, 4.69) is 6.07 Å². The maximum atomic E-state index is 10.4. The summed E-state index contributed by atoms with van der Waals surface area (Å²) in [5, 5.41) is 17.5. The van der Waals surface area contributed by atoms with Gasteiger partial charge in [0, 0.05) is 6.42 Å². The molecule has 0 spiro atoms. The van der Waals surface area contributed by atoms with Crippen molar-refractivity contribution in [1.29, 1.82) is 5.26 Å². The second-order valence-corrected chi connectivity index (χ2v) is 7.39. The summed E-state index contributed by atoms with van der Waals surface area (Å²) in [6.07, 6.45) is 10.5. The van der Waals surface area contributed by atoms with E-state index in [0.29, 0.717) is 12.0 Å². The molecule has 0 bridgehead atoms. The third kappa shape index (κ3) is 9.30. The van der Waals surface area contributed by atoms with Crippen LogP contribution >= 0.6 is 0 Å². The minimum atomic E-state index is -0.686. The second kappa shape index (κ2) is 13.4. The lowest BCUT2D eigenvalue weighted by Crippen LogP contribution is -1.97. The van der Waals surface area contributed by atoms with Crippen molar-refractivity contribution in [2.75, 3.05) is 6.61 Å². The normalized spacial score (nSPS) is 10.4. The van der Waals surface area contributed by atoms with Crippen LogP contribution in [0, 0.1) is 11.3 Å². The van der Waals surface area contributed by atoms with E-state index in [1.165, 1.54) is 32.1 Å². The molecule has 0 unspecified atom stereocenters. The maximum absolute atomic E-state index is 10.4. The molecule has 0 aromatic heterocycles. The smallest absolute Gasteiger partial charge is 0.303 e. The molecule has 29 heavy (non-hydrogen) atoms. The Hall–Kier alpha value is -2.80. The van der Waals surface area contributed by atoms with Crippen LogP contribution < -0.4 is 4.74 Å². The third-order valence-corrected chi connectivity index (χ3v) is 5.01. The van der Waals surface area contributed by atoms with Crippen molar-refractivity contribution < 1.29 is 14.6 Å². The number of carboxylic acid groups (broad SMARTS) is 1.